The van der Waals surface area contributed by atoms with Crippen LogP contribution in [0.4, 0.5) is 0 Å². The molecule has 1 unspecified atom stereocenters. The molecule has 0 saturated heterocycles. The van der Waals surface area contributed by atoms with Crippen molar-refractivity contribution in [2.75, 3.05) is 19.6 Å². The molecule has 0 spiro atoms. The molecule has 21 heavy (non-hydrogen) atoms. The number of benzene rings is 1. The fraction of sp³-hybridized carbons (Fsp3) is 0.667. The summed E-state index contributed by atoms with van der Waals surface area (Å²) in [6, 6.07) is 10.1. The van der Waals surface area contributed by atoms with Gasteiger partial charge in [0.05, 0.1) is 0 Å². The molecule has 0 radical (unpaired) electrons. The van der Waals surface area contributed by atoms with Crippen molar-refractivity contribution in [3.05, 3.63) is 34.3 Å². The van der Waals surface area contributed by atoms with Gasteiger partial charge < -0.3 is 10.2 Å². The summed E-state index contributed by atoms with van der Waals surface area (Å²) >= 11 is 3.52. The molecule has 1 atom stereocenters. The van der Waals surface area contributed by atoms with Crippen LogP contribution < -0.4 is 5.32 Å². The molecule has 0 heterocycles. The van der Waals surface area contributed by atoms with Gasteiger partial charge in [-0.15, -0.1) is 0 Å². The largest absolute Gasteiger partial charge is 0.310 e. The molecule has 1 aromatic rings. The van der Waals surface area contributed by atoms with E-state index in [4.69, 9.17) is 0 Å². The van der Waals surface area contributed by atoms with E-state index in [1.165, 1.54) is 37.9 Å². The Kier molecular flexibility index (Phi) is 6.72. The maximum Gasteiger partial charge on any atom is 0.0332 e. The maximum absolute atomic E-state index is 3.64. The first-order valence-electron chi connectivity index (χ1n) is 8.33. The van der Waals surface area contributed by atoms with Crippen molar-refractivity contribution in [2.45, 2.75) is 52.1 Å². The zero-order chi connectivity index (χ0) is 15.2. The molecule has 1 aliphatic carbocycles. The quantitative estimate of drug-likeness (QED) is 0.697. The summed E-state index contributed by atoms with van der Waals surface area (Å²) in [7, 11) is 0. The minimum Gasteiger partial charge on any atom is -0.310 e. The topological polar surface area (TPSA) is 15.3 Å². The molecule has 0 amide bonds. The lowest BCUT2D eigenvalue weighted by Gasteiger charge is -2.27. The molecule has 1 saturated carbocycles. The van der Waals surface area contributed by atoms with Gasteiger partial charge in [-0.1, -0.05) is 48.8 Å². The highest BCUT2D eigenvalue weighted by Crippen LogP contribution is 2.29. The van der Waals surface area contributed by atoms with Gasteiger partial charge in [-0.2, -0.15) is 0 Å². The van der Waals surface area contributed by atoms with E-state index in [2.05, 4.69) is 71.2 Å². The van der Waals surface area contributed by atoms with Crippen molar-refractivity contribution in [1.82, 2.24) is 10.2 Å². The molecule has 2 rings (SSSR count). The Hall–Kier alpha value is -0.380. The maximum atomic E-state index is 3.64. The molecule has 1 N–H and O–H groups in total. The highest BCUT2D eigenvalue weighted by atomic mass is 79.9. The molecule has 118 valence electrons. The Morgan fingerprint density at radius 2 is 1.90 bits per heavy atom. The second-order valence-corrected chi connectivity index (χ2v) is 7.49. The second-order valence-electron chi connectivity index (χ2n) is 6.57. The third-order valence-electron chi connectivity index (χ3n) is 4.09. The minimum absolute atomic E-state index is 0.469. The van der Waals surface area contributed by atoms with E-state index in [0.29, 0.717) is 6.04 Å². The Morgan fingerprint density at radius 1 is 1.24 bits per heavy atom. The van der Waals surface area contributed by atoms with E-state index >= 15 is 0 Å². The summed E-state index contributed by atoms with van der Waals surface area (Å²) in [5.41, 5.74) is 1.40. The molecule has 1 aliphatic rings. The molecular weight excluding hydrogens is 324 g/mol. The van der Waals surface area contributed by atoms with E-state index < -0.39 is 0 Å². The van der Waals surface area contributed by atoms with Crippen LogP contribution in [0.1, 0.15) is 51.6 Å². The third-order valence-corrected chi connectivity index (χ3v) is 4.62. The number of hydrogen-bond donors (Lipinski definition) is 1. The van der Waals surface area contributed by atoms with Crippen molar-refractivity contribution in [3.63, 3.8) is 0 Å². The Morgan fingerprint density at radius 3 is 2.43 bits per heavy atom. The van der Waals surface area contributed by atoms with E-state index in [-0.39, 0.29) is 0 Å². The van der Waals surface area contributed by atoms with Crippen LogP contribution >= 0.6 is 15.9 Å². The van der Waals surface area contributed by atoms with E-state index in [9.17, 15) is 0 Å². The van der Waals surface area contributed by atoms with Crippen LogP contribution in [-0.2, 0) is 0 Å². The number of nitrogens with zero attached hydrogens (tertiary/aromatic N) is 1. The first kappa shape index (κ1) is 17.0. The minimum atomic E-state index is 0.469. The van der Waals surface area contributed by atoms with Crippen molar-refractivity contribution < 1.29 is 0 Å². The molecule has 0 bridgehead atoms. The standard InChI is InChI=1S/C18H29BrN2/c1-4-20-18(15-5-7-16(19)8-6-15)11-12-21(13-14(2)3)17-9-10-17/h5-8,14,17-18,20H,4,9-13H2,1-3H3. The average Bonchev–Trinajstić information content (AvgIpc) is 3.27. The third kappa shape index (κ3) is 5.72. The van der Waals surface area contributed by atoms with Gasteiger partial charge in [0.2, 0.25) is 0 Å². The van der Waals surface area contributed by atoms with Crippen LogP contribution in [0.25, 0.3) is 0 Å². The smallest absolute Gasteiger partial charge is 0.0332 e. The normalized spacial score (nSPS) is 16.7. The molecule has 1 aromatic carbocycles. The van der Waals surface area contributed by atoms with Gasteiger partial charge in [-0.05, 0) is 49.4 Å². The average molecular weight is 353 g/mol. The Labute approximate surface area is 138 Å². The summed E-state index contributed by atoms with van der Waals surface area (Å²) in [6.07, 6.45) is 3.99. The van der Waals surface area contributed by atoms with E-state index in [0.717, 1.165) is 23.0 Å². The summed E-state index contributed by atoms with van der Waals surface area (Å²) in [5, 5.41) is 3.64. The van der Waals surface area contributed by atoms with Crippen molar-refractivity contribution in [2.24, 2.45) is 5.92 Å². The number of hydrogen-bond acceptors (Lipinski definition) is 2. The predicted octanol–water partition coefficient (Wildman–Crippen LogP) is 4.61. The summed E-state index contributed by atoms with van der Waals surface area (Å²) in [6.45, 7) is 10.3. The van der Waals surface area contributed by atoms with Crippen molar-refractivity contribution in [3.8, 4) is 0 Å². The zero-order valence-corrected chi connectivity index (χ0v) is 15.2. The first-order chi connectivity index (χ1) is 10.1. The van der Waals surface area contributed by atoms with Gasteiger partial charge in [-0.3, -0.25) is 0 Å². The molecular formula is C18H29BrN2. The van der Waals surface area contributed by atoms with Gasteiger partial charge in [0, 0.05) is 29.6 Å². The summed E-state index contributed by atoms with van der Waals surface area (Å²) < 4.78 is 1.15. The fourth-order valence-electron chi connectivity index (χ4n) is 2.95. The Balaban J connectivity index is 1.93. The van der Waals surface area contributed by atoms with Gasteiger partial charge in [-0.25, -0.2) is 0 Å². The fourth-order valence-corrected chi connectivity index (χ4v) is 3.22. The lowest BCUT2D eigenvalue weighted by atomic mass is 10.0. The lowest BCUT2D eigenvalue weighted by Crippen LogP contribution is -2.33. The molecule has 0 aromatic heterocycles. The number of rotatable bonds is 9. The molecule has 1 fully saturated rings. The van der Waals surface area contributed by atoms with Crippen molar-refractivity contribution in [1.29, 1.82) is 0 Å². The number of halogens is 1. The highest BCUT2D eigenvalue weighted by Gasteiger charge is 2.29. The van der Waals surface area contributed by atoms with Gasteiger partial charge >= 0.3 is 0 Å². The van der Waals surface area contributed by atoms with Gasteiger partial charge in [0.1, 0.15) is 0 Å². The van der Waals surface area contributed by atoms with Crippen molar-refractivity contribution >= 4 is 15.9 Å². The summed E-state index contributed by atoms with van der Waals surface area (Å²) in [4.78, 5) is 2.70. The summed E-state index contributed by atoms with van der Waals surface area (Å²) in [5.74, 6) is 0.760. The van der Waals surface area contributed by atoms with Gasteiger partial charge in [0.15, 0.2) is 0 Å². The van der Waals surface area contributed by atoms with Crippen LogP contribution in [0.5, 0.6) is 0 Å². The lowest BCUT2D eigenvalue weighted by molar-refractivity contribution is 0.222. The highest BCUT2D eigenvalue weighted by molar-refractivity contribution is 9.10. The predicted molar refractivity (Wildman–Crippen MR) is 94.6 cm³/mol. The van der Waals surface area contributed by atoms with Crippen LogP contribution in [-0.4, -0.2) is 30.6 Å². The van der Waals surface area contributed by atoms with Crippen LogP contribution in [0, 0.1) is 5.92 Å². The SMILES string of the molecule is CCNC(CCN(CC(C)C)C1CC1)c1ccc(Br)cc1. The molecule has 0 aliphatic heterocycles. The van der Waals surface area contributed by atoms with Gasteiger partial charge in [0.25, 0.3) is 0 Å². The zero-order valence-electron chi connectivity index (χ0n) is 13.6. The Bertz CT molecular complexity index is 412. The van der Waals surface area contributed by atoms with E-state index in [1.807, 2.05) is 0 Å². The number of nitrogens with one attached hydrogen (secondary N) is 1. The molecule has 2 nitrogen and oxygen atoms in total. The van der Waals surface area contributed by atoms with Crippen LogP contribution in [0.2, 0.25) is 0 Å². The molecule has 3 heteroatoms. The second kappa shape index (κ2) is 8.30. The van der Waals surface area contributed by atoms with Crippen LogP contribution in [0.3, 0.4) is 0 Å². The first-order valence-corrected chi connectivity index (χ1v) is 9.12. The van der Waals surface area contributed by atoms with E-state index in [1.54, 1.807) is 0 Å². The van der Waals surface area contributed by atoms with Crippen LogP contribution in [0.15, 0.2) is 28.7 Å². The monoisotopic (exact) mass is 352 g/mol.